The molecule has 0 bridgehead atoms. The van der Waals surface area contributed by atoms with E-state index in [0.29, 0.717) is 35.0 Å². The van der Waals surface area contributed by atoms with Gasteiger partial charge in [-0.3, -0.25) is 9.59 Å². The Morgan fingerprint density at radius 1 is 1.12 bits per heavy atom. The lowest BCUT2D eigenvalue weighted by Crippen LogP contribution is -2.58. The number of carboxylic acid groups (broad SMARTS) is 1. The first-order valence-electron chi connectivity index (χ1n) is 17.9. The van der Waals surface area contributed by atoms with E-state index in [4.69, 9.17) is 14.9 Å². The number of aliphatic carboxylic acids is 1. The molecular formula is C37H48N8O6S. The van der Waals surface area contributed by atoms with Crippen LogP contribution in [0.15, 0.2) is 48.0 Å². The van der Waals surface area contributed by atoms with Gasteiger partial charge in [0.15, 0.2) is 0 Å². The predicted octanol–water partition coefficient (Wildman–Crippen LogP) is 4.80. The molecule has 3 aliphatic rings. The molecule has 2 aliphatic heterocycles. The van der Waals surface area contributed by atoms with Crippen LogP contribution in [0, 0.1) is 11.3 Å². The van der Waals surface area contributed by atoms with Crippen molar-refractivity contribution >= 4 is 35.2 Å². The Kier molecular flexibility index (Phi) is 10.7. The lowest BCUT2D eigenvalue weighted by atomic mass is 9.88. The first-order valence-corrected chi connectivity index (χ1v) is 18.8. The number of nitrogens with one attached hydrogen (secondary N) is 3. The molecule has 3 aromatic rings. The molecule has 52 heavy (non-hydrogen) atoms. The second kappa shape index (κ2) is 15.1. The van der Waals surface area contributed by atoms with Gasteiger partial charge in [-0.2, -0.15) is 9.90 Å². The summed E-state index contributed by atoms with van der Waals surface area (Å²) < 4.78 is 5.34. The minimum atomic E-state index is -1.44. The van der Waals surface area contributed by atoms with Crippen molar-refractivity contribution < 1.29 is 29.0 Å². The number of methoxy groups -OCH3 is 1. The summed E-state index contributed by atoms with van der Waals surface area (Å²) in [4.78, 5) is 62.0. The van der Waals surface area contributed by atoms with E-state index in [1.54, 1.807) is 13.3 Å². The zero-order chi connectivity index (χ0) is 37.2. The quantitative estimate of drug-likeness (QED) is 0.248. The third-order valence-electron chi connectivity index (χ3n) is 10.5. The minimum Gasteiger partial charge on any atom is -0.497 e. The average molecular weight is 733 g/mol. The molecule has 1 saturated heterocycles. The van der Waals surface area contributed by atoms with Gasteiger partial charge >= 0.3 is 12.0 Å². The van der Waals surface area contributed by atoms with Crippen LogP contribution in [0.5, 0.6) is 5.75 Å². The molecule has 15 heteroatoms. The number of rotatable bonds is 7. The number of ether oxygens (including phenoxy) is 1. The number of carbonyl (C=O) groups excluding carboxylic acids is 3. The second-order valence-electron chi connectivity index (χ2n) is 15.1. The molecule has 1 saturated carbocycles. The summed E-state index contributed by atoms with van der Waals surface area (Å²) in [5.41, 5.74) is 0.281. The summed E-state index contributed by atoms with van der Waals surface area (Å²) in [6, 6.07) is 4.33. The summed E-state index contributed by atoms with van der Waals surface area (Å²) in [7, 11) is 1.60. The maximum Gasteiger partial charge on any atom is 0.330 e. The Morgan fingerprint density at radius 3 is 2.54 bits per heavy atom. The fraction of sp³-hybridized carbons (Fsp3) is 0.541. The number of nitrogens with zero attached hydrogens (tertiary/aromatic N) is 5. The summed E-state index contributed by atoms with van der Waals surface area (Å²) in [6.07, 6.45) is 9.45. The van der Waals surface area contributed by atoms with Crippen molar-refractivity contribution in [1.82, 2.24) is 40.8 Å². The maximum atomic E-state index is 14.6. The zero-order valence-electron chi connectivity index (χ0n) is 30.3. The fourth-order valence-corrected chi connectivity index (χ4v) is 7.39. The van der Waals surface area contributed by atoms with Gasteiger partial charge in [-0.1, -0.05) is 45.8 Å². The molecule has 2 fully saturated rings. The van der Waals surface area contributed by atoms with E-state index in [1.165, 1.54) is 21.0 Å². The van der Waals surface area contributed by atoms with Crippen LogP contribution in [0.3, 0.4) is 0 Å². The highest BCUT2D eigenvalue weighted by atomic mass is 32.1. The zero-order valence-corrected chi connectivity index (χ0v) is 31.1. The number of hydrogen-bond donors (Lipinski definition) is 4. The van der Waals surface area contributed by atoms with Crippen LogP contribution in [0.25, 0.3) is 22.0 Å². The molecule has 14 nitrogen and oxygen atoms in total. The first kappa shape index (κ1) is 37.0. The van der Waals surface area contributed by atoms with E-state index in [1.807, 2.05) is 69.5 Å². The lowest BCUT2D eigenvalue weighted by molar-refractivity contribution is -0.145. The number of thiazole rings is 1. The Hall–Kier alpha value is -4.79. The largest absolute Gasteiger partial charge is 0.497 e. The van der Waals surface area contributed by atoms with Gasteiger partial charge in [0.05, 0.1) is 13.2 Å². The third-order valence-corrected chi connectivity index (χ3v) is 11.3. The fourth-order valence-electron chi connectivity index (χ4n) is 6.77. The van der Waals surface area contributed by atoms with Crippen molar-refractivity contribution in [2.45, 2.75) is 102 Å². The molecule has 0 unspecified atom stereocenters. The molecule has 4 heterocycles. The van der Waals surface area contributed by atoms with E-state index in [9.17, 15) is 24.3 Å². The van der Waals surface area contributed by atoms with Crippen molar-refractivity contribution in [2.75, 3.05) is 13.7 Å². The third kappa shape index (κ3) is 7.83. The van der Waals surface area contributed by atoms with E-state index in [0.717, 1.165) is 24.8 Å². The number of carbonyl (C=O) groups is 4. The highest BCUT2D eigenvalue weighted by Crippen LogP contribution is 2.46. The molecule has 4 N–H and O–H groups in total. The molecule has 1 aliphatic carbocycles. The Balaban J connectivity index is 1.34. The monoisotopic (exact) mass is 732 g/mol. The van der Waals surface area contributed by atoms with Gasteiger partial charge in [0.1, 0.15) is 39.8 Å². The van der Waals surface area contributed by atoms with E-state index in [-0.39, 0.29) is 36.8 Å². The Morgan fingerprint density at radius 2 is 1.87 bits per heavy atom. The number of fused-ring (bicyclic) bond motifs is 2. The van der Waals surface area contributed by atoms with Gasteiger partial charge in [-0.05, 0) is 62.3 Å². The number of allylic oxidation sites excluding steroid dienone is 1. The number of amides is 4. The Bertz CT molecular complexity index is 1800. The predicted molar refractivity (Wildman–Crippen MR) is 195 cm³/mol. The van der Waals surface area contributed by atoms with Gasteiger partial charge in [0.2, 0.25) is 11.8 Å². The van der Waals surface area contributed by atoms with Crippen LogP contribution < -0.4 is 20.7 Å². The number of carboxylic acids is 1. The van der Waals surface area contributed by atoms with Crippen LogP contribution in [0.4, 0.5) is 4.79 Å². The number of hydrogen-bond acceptors (Lipinski definition) is 9. The summed E-state index contributed by atoms with van der Waals surface area (Å²) >= 11 is 1.42. The number of urea groups is 1. The second-order valence-corrected chi connectivity index (χ2v) is 16.0. The van der Waals surface area contributed by atoms with Crippen LogP contribution in [-0.4, -0.2) is 91.1 Å². The topological polar surface area (TPSA) is 181 Å². The van der Waals surface area contributed by atoms with Gasteiger partial charge in [-0.25, -0.2) is 14.6 Å². The summed E-state index contributed by atoms with van der Waals surface area (Å²) in [5.74, 6) is -1.73. The molecule has 0 radical (unpaired) electrons. The van der Waals surface area contributed by atoms with E-state index >= 15 is 0 Å². The maximum absolute atomic E-state index is 14.6. The van der Waals surface area contributed by atoms with Crippen LogP contribution in [0.2, 0.25) is 0 Å². The molecule has 6 atom stereocenters. The molecule has 2 aromatic heterocycles. The SMILES string of the molecule is COc1ccc(-c2nn([C@@H]3C[C@H]4C(=O)N[C@]5(C(=O)O)C[C@H]5C=CCCCCC[C@H](NC(=O)N[C@H](C)C(C)(C)C)C(=O)N4C3)nc2-c2nccs2)cc1. The molecule has 278 valence electrons. The van der Waals surface area contributed by atoms with Gasteiger partial charge < -0.3 is 30.7 Å². The van der Waals surface area contributed by atoms with Crippen molar-refractivity contribution in [3.8, 4) is 27.7 Å². The summed E-state index contributed by atoms with van der Waals surface area (Å²) in [5, 5.41) is 31.2. The number of aromatic nitrogens is 4. The summed E-state index contributed by atoms with van der Waals surface area (Å²) in [6.45, 7) is 8.05. The molecular weight excluding hydrogens is 685 g/mol. The van der Waals surface area contributed by atoms with Gasteiger partial charge in [0.25, 0.3) is 0 Å². The van der Waals surface area contributed by atoms with E-state index < -0.39 is 47.5 Å². The van der Waals surface area contributed by atoms with Crippen molar-refractivity contribution in [1.29, 1.82) is 0 Å². The van der Waals surface area contributed by atoms with Crippen molar-refractivity contribution in [3.05, 3.63) is 48.0 Å². The van der Waals surface area contributed by atoms with Gasteiger partial charge in [0, 0.05) is 42.1 Å². The normalized spacial score (nSPS) is 25.9. The average Bonchev–Trinajstić information content (AvgIpc) is 3.56. The minimum absolute atomic E-state index is 0.0759. The highest BCUT2D eigenvalue weighted by molar-refractivity contribution is 7.13. The van der Waals surface area contributed by atoms with Crippen molar-refractivity contribution in [3.63, 3.8) is 0 Å². The highest BCUT2D eigenvalue weighted by Gasteiger charge is 2.61. The van der Waals surface area contributed by atoms with Crippen molar-refractivity contribution in [2.24, 2.45) is 11.3 Å². The number of benzene rings is 1. The smallest absolute Gasteiger partial charge is 0.330 e. The molecule has 1 aromatic carbocycles. The van der Waals surface area contributed by atoms with Crippen LogP contribution in [0.1, 0.15) is 78.7 Å². The lowest BCUT2D eigenvalue weighted by Gasteiger charge is -2.31. The first-order chi connectivity index (χ1) is 24.8. The molecule has 0 spiro atoms. The molecule has 4 amide bonds. The Labute approximate surface area is 307 Å². The van der Waals surface area contributed by atoms with Crippen LogP contribution in [-0.2, 0) is 14.4 Å². The van der Waals surface area contributed by atoms with E-state index in [2.05, 4.69) is 20.9 Å². The molecule has 6 rings (SSSR count). The van der Waals surface area contributed by atoms with Crippen LogP contribution >= 0.6 is 11.3 Å². The van der Waals surface area contributed by atoms with Gasteiger partial charge in [-0.15, -0.1) is 16.4 Å². The standard InChI is InChI=1S/C37H48N8O6S/c1-22(36(2,3)4)39-35(50)40-27-12-10-8-6-7-9-11-24-20-37(24,34(48)49)41-31(46)28-19-25(21-44(28)33(27)47)45-42-29(23-13-15-26(51-5)16-14-23)30(43-45)32-38-17-18-52-32/h9,11,13-18,22,24-25,27-28H,6-8,10,12,19-21H2,1-5H3,(H,41,46)(H,48,49)(H2,39,40,50)/t22-,24-,25-,27+,28+,37-/m1/s1.